The molecule has 8 nitrogen and oxygen atoms in total. The first-order valence-electron chi connectivity index (χ1n) is 10.1. The van der Waals surface area contributed by atoms with Gasteiger partial charge < -0.3 is 28.4 Å². The molecule has 1 amide bonds. The van der Waals surface area contributed by atoms with Crippen LogP contribution in [0.4, 0.5) is 0 Å². The van der Waals surface area contributed by atoms with Gasteiger partial charge in [0.05, 0.1) is 37.1 Å². The van der Waals surface area contributed by atoms with E-state index in [0.717, 1.165) is 31.2 Å². The van der Waals surface area contributed by atoms with E-state index in [1.54, 1.807) is 14.0 Å². The van der Waals surface area contributed by atoms with Crippen molar-refractivity contribution in [2.45, 2.75) is 57.8 Å². The summed E-state index contributed by atoms with van der Waals surface area (Å²) < 4.78 is 27.9. The Hall–Kier alpha value is -1.48. The van der Waals surface area contributed by atoms with Gasteiger partial charge in [0.2, 0.25) is 0 Å². The molecule has 3 heterocycles. The highest BCUT2D eigenvalue weighted by Gasteiger charge is 2.42. The maximum Gasteiger partial charge on any atom is 0.276 e. The minimum atomic E-state index is -0.194. The number of aryl methyl sites for hydroxylation is 1. The zero-order valence-electron chi connectivity index (χ0n) is 17.2. The molecule has 1 unspecified atom stereocenters. The van der Waals surface area contributed by atoms with Crippen molar-refractivity contribution in [3.8, 4) is 0 Å². The number of hydrogen-bond donors (Lipinski definition) is 0. The van der Waals surface area contributed by atoms with Gasteiger partial charge in [-0.25, -0.2) is 0 Å². The van der Waals surface area contributed by atoms with E-state index in [-0.39, 0.29) is 17.6 Å². The van der Waals surface area contributed by atoms with Crippen molar-refractivity contribution in [1.82, 2.24) is 10.1 Å². The fourth-order valence-corrected chi connectivity index (χ4v) is 4.03. The predicted molar refractivity (Wildman–Crippen MR) is 101 cm³/mol. The third kappa shape index (κ3) is 4.92. The maximum absolute atomic E-state index is 12.9. The summed E-state index contributed by atoms with van der Waals surface area (Å²) in [4.78, 5) is 14.8. The summed E-state index contributed by atoms with van der Waals surface area (Å²) >= 11 is 0. The molecule has 0 aliphatic carbocycles. The van der Waals surface area contributed by atoms with Crippen LogP contribution >= 0.6 is 0 Å². The average Bonchev–Trinajstić information content (AvgIpc) is 3.06. The van der Waals surface area contributed by atoms with Crippen LogP contribution < -0.4 is 0 Å². The third-order valence-electron chi connectivity index (χ3n) is 5.67. The number of carbonyl (C=O) groups is 1. The van der Waals surface area contributed by atoms with Crippen molar-refractivity contribution in [2.24, 2.45) is 0 Å². The smallest absolute Gasteiger partial charge is 0.276 e. The molecule has 1 aromatic heterocycles. The normalized spacial score (nSPS) is 22.0. The monoisotopic (exact) mass is 396 g/mol. The van der Waals surface area contributed by atoms with E-state index in [1.807, 2.05) is 11.8 Å². The van der Waals surface area contributed by atoms with Crippen molar-refractivity contribution in [3.63, 3.8) is 0 Å². The zero-order chi connectivity index (χ0) is 20.0. The summed E-state index contributed by atoms with van der Waals surface area (Å²) in [5, 5.41) is 3.97. The van der Waals surface area contributed by atoms with E-state index in [0.29, 0.717) is 57.6 Å². The first kappa shape index (κ1) is 21.2. The van der Waals surface area contributed by atoms with Gasteiger partial charge in [0, 0.05) is 39.8 Å². The Labute approximate surface area is 166 Å². The second kappa shape index (κ2) is 9.82. The lowest BCUT2D eigenvalue weighted by Gasteiger charge is -2.46. The molecule has 0 radical (unpaired) electrons. The minimum Gasteiger partial charge on any atom is -0.380 e. The molecule has 0 aromatic carbocycles. The Morgan fingerprint density at radius 1 is 1.32 bits per heavy atom. The molecule has 158 valence electrons. The minimum absolute atomic E-state index is 0.0981. The predicted octanol–water partition coefficient (Wildman–Crippen LogP) is 2.34. The van der Waals surface area contributed by atoms with Crippen LogP contribution in [0.5, 0.6) is 0 Å². The van der Waals surface area contributed by atoms with Crippen LogP contribution in [0.3, 0.4) is 0 Å². The molecule has 8 heteroatoms. The number of methoxy groups -OCH3 is 1. The summed E-state index contributed by atoms with van der Waals surface area (Å²) in [7, 11) is 1.60. The van der Waals surface area contributed by atoms with Gasteiger partial charge in [-0.15, -0.1) is 0 Å². The van der Waals surface area contributed by atoms with Crippen molar-refractivity contribution in [1.29, 1.82) is 0 Å². The molecule has 1 spiro atoms. The number of nitrogens with zero attached hydrogens (tertiary/aromatic N) is 2. The van der Waals surface area contributed by atoms with E-state index < -0.39 is 0 Å². The van der Waals surface area contributed by atoms with Crippen LogP contribution in [-0.4, -0.2) is 74.3 Å². The molecule has 0 N–H and O–H groups in total. The molecule has 1 atom stereocenters. The Morgan fingerprint density at radius 2 is 2.11 bits per heavy atom. The number of amides is 1. The van der Waals surface area contributed by atoms with E-state index >= 15 is 0 Å². The zero-order valence-corrected chi connectivity index (χ0v) is 17.2. The number of piperidine rings is 1. The van der Waals surface area contributed by atoms with Gasteiger partial charge in [-0.05, 0) is 33.1 Å². The summed E-state index contributed by atoms with van der Waals surface area (Å²) in [6.07, 6.45) is 3.60. The van der Waals surface area contributed by atoms with Crippen molar-refractivity contribution >= 4 is 5.91 Å². The van der Waals surface area contributed by atoms with E-state index in [1.165, 1.54) is 0 Å². The molecule has 2 fully saturated rings. The summed E-state index contributed by atoms with van der Waals surface area (Å²) in [5.41, 5.74) is 0.891. The molecule has 0 bridgehead atoms. The highest BCUT2D eigenvalue weighted by atomic mass is 16.5. The fraction of sp³-hybridized carbons (Fsp3) is 0.800. The SMILES string of the molecule is CCOCCOC1CCOC2(CCN(C(=O)c3noc(C)c3COC)CC2)C1. The Morgan fingerprint density at radius 3 is 2.82 bits per heavy atom. The molecular formula is C20H32N2O6. The molecule has 2 saturated heterocycles. The van der Waals surface area contributed by atoms with Crippen LogP contribution in [0.2, 0.25) is 0 Å². The first-order valence-corrected chi connectivity index (χ1v) is 10.1. The van der Waals surface area contributed by atoms with Gasteiger partial charge in [-0.1, -0.05) is 5.16 Å². The Kier molecular flexibility index (Phi) is 7.45. The van der Waals surface area contributed by atoms with Crippen molar-refractivity contribution < 1.29 is 28.3 Å². The number of rotatable bonds is 8. The highest BCUT2D eigenvalue weighted by Crippen LogP contribution is 2.36. The summed E-state index contributed by atoms with van der Waals surface area (Å²) in [6.45, 7) is 8.04. The first-order chi connectivity index (χ1) is 13.6. The quantitative estimate of drug-likeness (QED) is 0.624. The average molecular weight is 396 g/mol. The number of ether oxygens (including phenoxy) is 4. The number of aromatic nitrogens is 1. The highest BCUT2D eigenvalue weighted by molar-refractivity contribution is 5.93. The van der Waals surface area contributed by atoms with Crippen molar-refractivity contribution in [2.75, 3.05) is 46.6 Å². The molecule has 28 heavy (non-hydrogen) atoms. The number of hydrogen-bond acceptors (Lipinski definition) is 7. The number of likely N-dealkylation sites (tertiary alicyclic amines) is 1. The van der Waals surface area contributed by atoms with Gasteiger partial charge in [-0.3, -0.25) is 4.79 Å². The van der Waals surface area contributed by atoms with Gasteiger partial charge in [0.25, 0.3) is 5.91 Å². The summed E-state index contributed by atoms with van der Waals surface area (Å²) in [6, 6.07) is 0. The van der Waals surface area contributed by atoms with Gasteiger partial charge >= 0.3 is 0 Å². The second-order valence-corrected chi connectivity index (χ2v) is 7.51. The molecule has 3 rings (SSSR count). The lowest BCUT2D eigenvalue weighted by atomic mass is 9.83. The number of carbonyl (C=O) groups excluding carboxylic acids is 1. The lowest BCUT2D eigenvalue weighted by molar-refractivity contribution is -0.155. The van der Waals surface area contributed by atoms with Gasteiger partial charge in [-0.2, -0.15) is 0 Å². The fourth-order valence-electron chi connectivity index (χ4n) is 4.03. The van der Waals surface area contributed by atoms with E-state index in [2.05, 4.69) is 5.16 Å². The lowest BCUT2D eigenvalue weighted by Crippen LogP contribution is -2.52. The Bertz CT molecular complexity index is 639. The van der Waals surface area contributed by atoms with Crippen LogP contribution in [0.15, 0.2) is 4.52 Å². The van der Waals surface area contributed by atoms with E-state index in [9.17, 15) is 4.79 Å². The summed E-state index contributed by atoms with van der Waals surface area (Å²) in [5.74, 6) is 0.528. The molecule has 2 aliphatic rings. The van der Waals surface area contributed by atoms with Crippen LogP contribution in [0.1, 0.15) is 54.4 Å². The van der Waals surface area contributed by atoms with E-state index in [4.69, 9.17) is 23.5 Å². The van der Waals surface area contributed by atoms with Crippen molar-refractivity contribution in [3.05, 3.63) is 17.0 Å². The van der Waals surface area contributed by atoms with Crippen LogP contribution in [-0.2, 0) is 25.6 Å². The van der Waals surface area contributed by atoms with Gasteiger partial charge in [0.1, 0.15) is 5.76 Å². The van der Waals surface area contributed by atoms with Crippen LogP contribution in [0.25, 0.3) is 0 Å². The maximum atomic E-state index is 12.9. The molecule has 1 aromatic rings. The van der Waals surface area contributed by atoms with Crippen LogP contribution in [0, 0.1) is 6.92 Å². The topological polar surface area (TPSA) is 83.3 Å². The van der Waals surface area contributed by atoms with Gasteiger partial charge in [0.15, 0.2) is 5.69 Å². The standard InChI is InChI=1S/C20H32N2O6/c1-4-25-11-12-26-16-5-10-27-20(13-16)6-8-22(9-7-20)19(23)18-17(14-24-3)15(2)28-21-18/h16H,4-14H2,1-3H3. The molecule has 0 saturated carbocycles. The molecular weight excluding hydrogens is 364 g/mol. The Balaban J connectivity index is 1.54. The second-order valence-electron chi connectivity index (χ2n) is 7.51. The molecule has 2 aliphatic heterocycles. The largest absolute Gasteiger partial charge is 0.380 e. The third-order valence-corrected chi connectivity index (χ3v) is 5.67.